The minimum absolute atomic E-state index is 0.0759. The minimum Gasteiger partial charge on any atom is -0.368 e. The quantitative estimate of drug-likeness (QED) is 0.716. The van der Waals surface area contributed by atoms with Crippen molar-refractivity contribution in [3.05, 3.63) is 17.7 Å². The molecule has 1 aromatic rings. The molecule has 0 saturated carbocycles. The molecule has 2 heterocycles. The van der Waals surface area contributed by atoms with Crippen molar-refractivity contribution < 1.29 is 18.4 Å². The molecule has 0 aromatic carbocycles. The number of rotatable bonds is 5. The number of carbonyl (C=O) groups excluding carboxylic acids is 2. The second-order valence-electron chi connectivity index (χ2n) is 4.72. The highest BCUT2D eigenvalue weighted by atomic mass is 19.1. The Bertz CT molecular complexity index is 565. The molecule has 1 aromatic heterocycles. The third-order valence-electron chi connectivity index (χ3n) is 3.02. The summed E-state index contributed by atoms with van der Waals surface area (Å²) in [6.45, 7) is 2.39. The number of aromatic nitrogens is 1. The van der Waals surface area contributed by atoms with Crippen LogP contribution >= 0.6 is 0 Å². The van der Waals surface area contributed by atoms with Gasteiger partial charge < -0.3 is 10.6 Å². The Balaban J connectivity index is 2.15. The first-order valence-electron chi connectivity index (χ1n) is 6.71. The van der Waals surface area contributed by atoms with E-state index in [2.05, 4.69) is 20.9 Å². The van der Waals surface area contributed by atoms with E-state index in [4.69, 9.17) is 0 Å². The summed E-state index contributed by atoms with van der Waals surface area (Å²) in [6.07, 6.45) is 1.16. The number of nitrogens with one attached hydrogen (secondary N) is 3. The zero-order valence-electron chi connectivity index (χ0n) is 11.5. The molecule has 0 radical (unpaired) electrons. The van der Waals surface area contributed by atoms with Crippen molar-refractivity contribution >= 4 is 23.5 Å². The lowest BCUT2D eigenvalue weighted by atomic mass is 10.1. The van der Waals surface area contributed by atoms with Gasteiger partial charge in [0.05, 0.1) is 0 Å². The molecule has 0 aliphatic carbocycles. The predicted molar refractivity (Wildman–Crippen MR) is 72.7 cm³/mol. The molecule has 2 rings (SSSR count). The van der Waals surface area contributed by atoms with Crippen LogP contribution in [-0.4, -0.2) is 29.4 Å². The topological polar surface area (TPSA) is 83.1 Å². The van der Waals surface area contributed by atoms with E-state index in [9.17, 15) is 18.4 Å². The third kappa shape index (κ3) is 3.65. The number of piperidine rings is 1. The van der Waals surface area contributed by atoms with Crippen LogP contribution in [0.2, 0.25) is 0 Å². The van der Waals surface area contributed by atoms with Gasteiger partial charge in [-0.1, -0.05) is 6.92 Å². The smallest absolute Gasteiger partial charge is 0.249 e. The molecule has 1 atom stereocenters. The number of amides is 2. The van der Waals surface area contributed by atoms with E-state index >= 15 is 0 Å². The number of anilines is 2. The lowest BCUT2D eigenvalue weighted by Crippen LogP contribution is -2.47. The first-order chi connectivity index (χ1) is 10.0. The summed E-state index contributed by atoms with van der Waals surface area (Å²) in [7, 11) is 0. The Morgan fingerprint density at radius 1 is 1.33 bits per heavy atom. The highest BCUT2D eigenvalue weighted by Crippen LogP contribution is 2.21. The number of hydrogen-bond donors (Lipinski definition) is 3. The highest BCUT2D eigenvalue weighted by molar-refractivity contribution is 6.01. The zero-order chi connectivity index (χ0) is 15.4. The van der Waals surface area contributed by atoms with Gasteiger partial charge in [-0.3, -0.25) is 14.9 Å². The third-order valence-corrected chi connectivity index (χ3v) is 3.02. The average molecular weight is 298 g/mol. The SMILES string of the molecule is CCCNc1nc(NC2CCC(=O)NC2=O)c(F)cc1F. The van der Waals surface area contributed by atoms with Crippen molar-refractivity contribution in [1.82, 2.24) is 10.3 Å². The Labute approximate surface area is 120 Å². The van der Waals surface area contributed by atoms with Crippen molar-refractivity contribution in [2.75, 3.05) is 17.2 Å². The molecule has 1 saturated heterocycles. The highest BCUT2D eigenvalue weighted by Gasteiger charge is 2.27. The molecule has 3 N–H and O–H groups in total. The molecule has 21 heavy (non-hydrogen) atoms. The maximum Gasteiger partial charge on any atom is 0.249 e. The van der Waals surface area contributed by atoms with E-state index in [1.54, 1.807) is 0 Å². The summed E-state index contributed by atoms with van der Waals surface area (Å²) in [4.78, 5) is 26.5. The van der Waals surface area contributed by atoms with Crippen LogP contribution in [0.4, 0.5) is 20.4 Å². The van der Waals surface area contributed by atoms with Crippen molar-refractivity contribution in [2.24, 2.45) is 0 Å². The molecule has 1 aliphatic rings. The van der Waals surface area contributed by atoms with Gasteiger partial charge in [0.2, 0.25) is 11.8 Å². The van der Waals surface area contributed by atoms with Crippen LogP contribution in [0.25, 0.3) is 0 Å². The van der Waals surface area contributed by atoms with Crippen LogP contribution < -0.4 is 16.0 Å². The molecule has 2 amide bonds. The molecule has 1 fully saturated rings. The Kier molecular flexibility index (Phi) is 4.66. The second-order valence-corrected chi connectivity index (χ2v) is 4.72. The maximum atomic E-state index is 13.7. The predicted octanol–water partition coefficient (Wildman–Crippen LogP) is 1.40. The largest absolute Gasteiger partial charge is 0.368 e. The molecule has 1 aliphatic heterocycles. The van der Waals surface area contributed by atoms with E-state index in [0.29, 0.717) is 12.6 Å². The van der Waals surface area contributed by atoms with Crippen LogP contribution in [0.15, 0.2) is 6.07 Å². The number of halogens is 2. The van der Waals surface area contributed by atoms with Gasteiger partial charge in [-0.05, 0) is 12.8 Å². The van der Waals surface area contributed by atoms with Crippen LogP contribution in [-0.2, 0) is 9.59 Å². The minimum atomic E-state index is -0.890. The Hall–Kier alpha value is -2.25. The zero-order valence-corrected chi connectivity index (χ0v) is 11.5. The summed E-state index contributed by atoms with van der Waals surface area (Å²) in [5.74, 6) is -2.89. The average Bonchev–Trinajstić information content (AvgIpc) is 2.43. The van der Waals surface area contributed by atoms with Gasteiger partial charge in [0.1, 0.15) is 6.04 Å². The summed E-state index contributed by atoms with van der Waals surface area (Å²) in [5, 5.41) is 7.49. The van der Waals surface area contributed by atoms with Crippen LogP contribution in [0.1, 0.15) is 26.2 Å². The number of pyridine rings is 1. The fourth-order valence-electron chi connectivity index (χ4n) is 1.93. The van der Waals surface area contributed by atoms with Crippen LogP contribution in [0, 0.1) is 11.6 Å². The maximum absolute atomic E-state index is 13.7. The number of hydrogen-bond acceptors (Lipinski definition) is 5. The first kappa shape index (κ1) is 15.1. The van der Waals surface area contributed by atoms with Gasteiger partial charge in [-0.2, -0.15) is 0 Å². The normalized spacial score (nSPS) is 18.3. The van der Waals surface area contributed by atoms with Crippen LogP contribution in [0.5, 0.6) is 0 Å². The fourth-order valence-corrected chi connectivity index (χ4v) is 1.93. The molecule has 0 spiro atoms. The van der Waals surface area contributed by atoms with Crippen LogP contribution in [0.3, 0.4) is 0 Å². The van der Waals surface area contributed by atoms with Crippen molar-refractivity contribution in [2.45, 2.75) is 32.2 Å². The summed E-state index contributed by atoms with van der Waals surface area (Å²) in [6, 6.07) is -0.0617. The van der Waals surface area contributed by atoms with Gasteiger partial charge >= 0.3 is 0 Å². The lowest BCUT2D eigenvalue weighted by Gasteiger charge is -2.22. The second kappa shape index (κ2) is 6.47. The van der Waals surface area contributed by atoms with Gasteiger partial charge in [0.25, 0.3) is 0 Å². The Morgan fingerprint density at radius 2 is 2.05 bits per heavy atom. The van der Waals surface area contributed by atoms with Crippen molar-refractivity contribution in [1.29, 1.82) is 0 Å². The van der Waals surface area contributed by atoms with E-state index in [1.165, 1.54) is 0 Å². The summed E-state index contributed by atoms with van der Waals surface area (Å²) < 4.78 is 27.3. The monoisotopic (exact) mass is 298 g/mol. The van der Waals surface area contributed by atoms with E-state index in [-0.39, 0.29) is 30.4 Å². The first-order valence-corrected chi connectivity index (χ1v) is 6.71. The molecule has 114 valence electrons. The standard InChI is InChI=1S/C13H16F2N4O2/c1-2-5-16-11-7(14)6-8(15)12(19-11)17-9-3-4-10(20)18-13(9)21/h6,9H,2-5H2,1H3,(H2,16,17,19)(H,18,20,21). The Morgan fingerprint density at radius 3 is 2.71 bits per heavy atom. The number of carbonyl (C=O) groups is 2. The molecule has 0 bridgehead atoms. The molecular weight excluding hydrogens is 282 g/mol. The van der Waals surface area contributed by atoms with Gasteiger partial charge in [-0.25, -0.2) is 13.8 Å². The lowest BCUT2D eigenvalue weighted by molar-refractivity contribution is -0.133. The van der Waals surface area contributed by atoms with E-state index in [0.717, 1.165) is 6.42 Å². The molecule has 6 nitrogen and oxygen atoms in total. The summed E-state index contributed by atoms with van der Waals surface area (Å²) in [5.41, 5.74) is 0. The molecule has 1 unspecified atom stereocenters. The summed E-state index contributed by atoms with van der Waals surface area (Å²) >= 11 is 0. The number of imide groups is 1. The van der Waals surface area contributed by atoms with Crippen molar-refractivity contribution in [3.63, 3.8) is 0 Å². The fraction of sp³-hybridized carbons (Fsp3) is 0.462. The molecule has 8 heteroatoms. The van der Waals surface area contributed by atoms with Gasteiger partial charge in [0.15, 0.2) is 23.3 Å². The molecular formula is C13H16F2N4O2. The number of nitrogens with zero attached hydrogens (tertiary/aromatic N) is 1. The van der Waals surface area contributed by atoms with E-state index < -0.39 is 23.6 Å². The van der Waals surface area contributed by atoms with Gasteiger partial charge in [-0.15, -0.1) is 0 Å². The van der Waals surface area contributed by atoms with Crippen molar-refractivity contribution in [3.8, 4) is 0 Å². The van der Waals surface area contributed by atoms with E-state index in [1.807, 2.05) is 6.92 Å². The van der Waals surface area contributed by atoms with Gasteiger partial charge in [0, 0.05) is 19.0 Å².